The van der Waals surface area contributed by atoms with Gasteiger partial charge in [0.1, 0.15) is 17.3 Å². The second-order valence-corrected chi connectivity index (χ2v) is 5.82. The average Bonchev–Trinajstić information content (AvgIpc) is 3.07. The van der Waals surface area contributed by atoms with Crippen LogP contribution in [0.4, 0.5) is 4.39 Å². The molecular weight excluding hydrogens is 349 g/mol. The molecule has 0 amide bonds. The molecule has 0 spiro atoms. The quantitative estimate of drug-likeness (QED) is 0.585. The van der Waals surface area contributed by atoms with Crippen LogP contribution in [0.2, 0.25) is 0 Å². The summed E-state index contributed by atoms with van der Waals surface area (Å²) in [6.07, 6.45) is 1.67. The number of fused-ring (bicyclic) bond motifs is 1. The molecule has 0 aliphatic carbocycles. The van der Waals surface area contributed by atoms with Crippen molar-refractivity contribution in [1.29, 1.82) is 0 Å². The van der Waals surface area contributed by atoms with Gasteiger partial charge in [-0.2, -0.15) is 5.10 Å². The molecule has 0 saturated heterocycles. The Labute approximate surface area is 153 Å². The van der Waals surface area contributed by atoms with E-state index in [9.17, 15) is 9.18 Å². The maximum absolute atomic E-state index is 13.3. The summed E-state index contributed by atoms with van der Waals surface area (Å²) in [6, 6.07) is 16.8. The number of aliphatic carboxylic acids is 1. The first kappa shape index (κ1) is 16.7. The van der Waals surface area contributed by atoms with E-state index >= 15 is 0 Å². The predicted octanol–water partition coefficient (Wildman–Crippen LogP) is 3.69. The van der Waals surface area contributed by atoms with Crippen LogP contribution in [0.25, 0.3) is 28.0 Å². The third-order valence-electron chi connectivity index (χ3n) is 3.98. The number of hydrogen-bond acceptors (Lipinski definition) is 4. The largest absolute Gasteiger partial charge is 0.482 e. The first-order valence-electron chi connectivity index (χ1n) is 8.16. The molecule has 0 saturated carbocycles. The lowest BCUT2D eigenvalue weighted by Gasteiger charge is -2.07. The van der Waals surface area contributed by atoms with Gasteiger partial charge in [0.05, 0.1) is 5.69 Å². The zero-order valence-corrected chi connectivity index (χ0v) is 14.0. The molecule has 0 atom stereocenters. The molecule has 1 N–H and O–H groups in total. The minimum Gasteiger partial charge on any atom is -0.482 e. The lowest BCUT2D eigenvalue weighted by atomic mass is 10.1. The molecule has 0 aliphatic rings. The van der Waals surface area contributed by atoms with Crippen LogP contribution >= 0.6 is 0 Å². The summed E-state index contributed by atoms with van der Waals surface area (Å²) >= 11 is 0. The molecule has 0 radical (unpaired) electrons. The molecular formula is C20H14FN3O3. The highest BCUT2D eigenvalue weighted by molar-refractivity contribution is 5.92. The van der Waals surface area contributed by atoms with Crippen molar-refractivity contribution in [2.45, 2.75) is 0 Å². The van der Waals surface area contributed by atoms with E-state index < -0.39 is 12.6 Å². The number of carboxylic acids is 1. The van der Waals surface area contributed by atoms with E-state index in [2.05, 4.69) is 10.1 Å². The molecule has 0 unspecified atom stereocenters. The molecule has 6 nitrogen and oxygen atoms in total. The Morgan fingerprint density at radius 1 is 1.11 bits per heavy atom. The Hall–Kier alpha value is -3.74. The first-order chi connectivity index (χ1) is 13.1. The number of nitrogens with zero attached hydrogens (tertiary/aromatic N) is 3. The first-order valence-corrected chi connectivity index (χ1v) is 8.16. The minimum absolute atomic E-state index is 0.316. The molecule has 134 valence electrons. The van der Waals surface area contributed by atoms with Crippen molar-refractivity contribution in [3.63, 3.8) is 0 Å². The van der Waals surface area contributed by atoms with Crippen LogP contribution in [0, 0.1) is 5.82 Å². The molecule has 7 heteroatoms. The van der Waals surface area contributed by atoms with Gasteiger partial charge in [-0.25, -0.2) is 18.9 Å². The van der Waals surface area contributed by atoms with Gasteiger partial charge in [-0.05, 0) is 48.5 Å². The second-order valence-electron chi connectivity index (χ2n) is 5.82. The van der Waals surface area contributed by atoms with Crippen LogP contribution in [-0.2, 0) is 4.79 Å². The highest BCUT2D eigenvalue weighted by atomic mass is 19.1. The van der Waals surface area contributed by atoms with Gasteiger partial charge in [0, 0.05) is 23.2 Å². The zero-order chi connectivity index (χ0) is 18.8. The fourth-order valence-corrected chi connectivity index (χ4v) is 2.80. The van der Waals surface area contributed by atoms with Gasteiger partial charge < -0.3 is 9.84 Å². The molecule has 0 fully saturated rings. The van der Waals surface area contributed by atoms with Gasteiger partial charge >= 0.3 is 5.97 Å². The van der Waals surface area contributed by atoms with Crippen molar-refractivity contribution in [3.05, 3.63) is 72.7 Å². The van der Waals surface area contributed by atoms with Crippen molar-refractivity contribution in [2.75, 3.05) is 6.61 Å². The van der Waals surface area contributed by atoms with Crippen LogP contribution in [0.1, 0.15) is 0 Å². The predicted molar refractivity (Wildman–Crippen MR) is 97.4 cm³/mol. The monoisotopic (exact) mass is 363 g/mol. The number of aromatic nitrogens is 3. The molecule has 4 aromatic rings. The standard InChI is InChI=1S/C20H14FN3O3/c21-14-8-6-13(7-9-14)19-17-5-2-10-22-20(17)24(23-19)15-3-1-4-16(11-15)27-12-18(25)26/h1-11H,12H2,(H,25,26). The Bertz CT molecular complexity index is 1120. The van der Waals surface area contributed by atoms with E-state index in [0.29, 0.717) is 22.8 Å². The lowest BCUT2D eigenvalue weighted by molar-refractivity contribution is -0.139. The van der Waals surface area contributed by atoms with Gasteiger partial charge in [0.25, 0.3) is 0 Å². The fourth-order valence-electron chi connectivity index (χ4n) is 2.80. The Balaban J connectivity index is 1.82. The summed E-state index contributed by atoms with van der Waals surface area (Å²) in [6.45, 7) is -0.428. The molecule has 2 heterocycles. The Morgan fingerprint density at radius 2 is 1.93 bits per heavy atom. The normalized spacial score (nSPS) is 10.9. The third kappa shape index (κ3) is 3.35. The van der Waals surface area contributed by atoms with Gasteiger partial charge in [-0.3, -0.25) is 0 Å². The molecule has 0 bridgehead atoms. The van der Waals surface area contributed by atoms with E-state index in [1.165, 1.54) is 12.1 Å². The van der Waals surface area contributed by atoms with Crippen molar-refractivity contribution < 1.29 is 19.0 Å². The SMILES string of the molecule is O=C(O)COc1cccc(-n2nc(-c3ccc(F)cc3)c3cccnc32)c1. The van der Waals surface area contributed by atoms with E-state index in [0.717, 1.165) is 10.9 Å². The second kappa shape index (κ2) is 6.87. The highest BCUT2D eigenvalue weighted by Gasteiger charge is 2.15. The summed E-state index contributed by atoms with van der Waals surface area (Å²) in [5.74, 6) is -0.952. The molecule has 2 aromatic heterocycles. The van der Waals surface area contributed by atoms with E-state index in [4.69, 9.17) is 9.84 Å². The van der Waals surface area contributed by atoms with Crippen molar-refractivity contribution >= 4 is 17.0 Å². The number of halogens is 1. The van der Waals surface area contributed by atoms with Gasteiger partial charge in [-0.1, -0.05) is 6.07 Å². The number of carbonyl (C=O) groups is 1. The number of benzene rings is 2. The molecule has 2 aromatic carbocycles. The number of ether oxygens (including phenoxy) is 1. The van der Waals surface area contributed by atoms with Crippen molar-refractivity contribution in [2.24, 2.45) is 0 Å². The van der Waals surface area contributed by atoms with E-state index in [-0.39, 0.29) is 5.82 Å². The maximum atomic E-state index is 13.3. The Kier molecular flexibility index (Phi) is 4.25. The van der Waals surface area contributed by atoms with Gasteiger partial charge in [0.2, 0.25) is 0 Å². The molecule has 4 rings (SSSR count). The highest BCUT2D eigenvalue weighted by Crippen LogP contribution is 2.29. The van der Waals surface area contributed by atoms with Gasteiger partial charge in [-0.15, -0.1) is 0 Å². The van der Waals surface area contributed by atoms with Crippen molar-refractivity contribution in [3.8, 4) is 22.7 Å². The lowest BCUT2D eigenvalue weighted by Crippen LogP contribution is -2.09. The summed E-state index contributed by atoms with van der Waals surface area (Å²) in [5, 5.41) is 14.2. The van der Waals surface area contributed by atoms with Crippen molar-refractivity contribution in [1.82, 2.24) is 14.8 Å². The van der Waals surface area contributed by atoms with Gasteiger partial charge in [0.15, 0.2) is 12.3 Å². The van der Waals surface area contributed by atoms with Crippen LogP contribution in [-0.4, -0.2) is 32.4 Å². The van der Waals surface area contributed by atoms with Crippen LogP contribution in [0.3, 0.4) is 0 Å². The summed E-state index contributed by atoms with van der Waals surface area (Å²) in [4.78, 5) is 15.1. The van der Waals surface area contributed by atoms with Crippen LogP contribution < -0.4 is 4.74 Å². The summed E-state index contributed by atoms with van der Waals surface area (Å²) in [5.41, 5.74) is 2.75. The summed E-state index contributed by atoms with van der Waals surface area (Å²) < 4.78 is 20.2. The zero-order valence-electron chi connectivity index (χ0n) is 14.0. The van der Waals surface area contributed by atoms with E-state index in [1.807, 2.05) is 18.2 Å². The van der Waals surface area contributed by atoms with Crippen LogP contribution in [0.5, 0.6) is 5.75 Å². The summed E-state index contributed by atoms with van der Waals surface area (Å²) in [7, 11) is 0. The smallest absolute Gasteiger partial charge is 0.341 e. The number of rotatable bonds is 5. The minimum atomic E-state index is -1.05. The number of hydrogen-bond donors (Lipinski definition) is 1. The van der Waals surface area contributed by atoms with E-state index in [1.54, 1.807) is 41.2 Å². The Morgan fingerprint density at radius 3 is 2.70 bits per heavy atom. The number of pyridine rings is 1. The molecule has 0 aliphatic heterocycles. The number of carboxylic acid groups (broad SMARTS) is 1. The van der Waals surface area contributed by atoms with Crippen LogP contribution in [0.15, 0.2) is 66.9 Å². The maximum Gasteiger partial charge on any atom is 0.341 e. The molecule has 27 heavy (non-hydrogen) atoms. The third-order valence-corrected chi connectivity index (χ3v) is 3.98. The average molecular weight is 363 g/mol. The topological polar surface area (TPSA) is 77.2 Å². The fraction of sp³-hybridized carbons (Fsp3) is 0.0500.